The summed E-state index contributed by atoms with van der Waals surface area (Å²) in [6.07, 6.45) is -3.02. The molecule has 4 aliphatic rings. The third kappa shape index (κ3) is 11.2. The molecule has 0 unspecified atom stereocenters. The van der Waals surface area contributed by atoms with E-state index in [9.17, 15) is 40.2 Å². The van der Waals surface area contributed by atoms with Crippen molar-refractivity contribution in [2.24, 2.45) is 39.6 Å². The van der Waals surface area contributed by atoms with Gasteiger partial charge in [0.05, 0.1) is 49.7 Å². The van der Waals surface area contributed by atoms with Gasteiger partial charge in [-0.05, 0) is 78.0 Å². The number of hydrogen-bond donors (Lipinski definition) is 11. The maximum Gasteiger partial charge on any atom is 0.308 e. The van der Waals surface area contributed by atoms with Crippen molar-refractivity contribution >= 4 is 41.9 Å². The summed E-state index contributed by atoms with van der Waals surface area (Å²) in [7, 11) is 0. The first-order valence-electron chi connectivity index (χ1n) is 24.7. The summed E-state index contributed by atoms with van der Waals surface area (Å²) in [4.78, 5) is 61.0. The molecule has 1 saturated carbocycles. The Balaban J connectivity index is 1.45. The van der Waals surface area contributed by atoms with E-state index < -0.39 is 108 Å². The number of ketones is 2. The van der Waals surface area contributed by atoms with Crippen LogP contribution in [0.25, 0.3) is 12.2 Å². The van der Waals surface area contributed by atoms with Crippen LogP contribution < -0.4 is 38.1 Å². The van der Waals surface area contributed by atoms with Gasteiger partial charge < -0.3 is 78.3 Å². The summed E-state index contributed by atoms with van der Waals surface area (Å²) in [6.45, 7) is -0.260. The number of nitrogens with zero attached hydrogens (tertiary/aromatic N) is 1. The van der Waals surface area contributed by atoms with E-state index in [1.54, 1.807) is 30.3 Å². The van der Waals surface area contributed by atoms with Crippen LogP contribution in [-0.4, -0.2) is 116 Å². The summed E-state index contributed by atoms with van der Waals surface area (Å²) >= 11 is 0. The second kappa shape index (κ2) is 22.9. The molecule has 1 heterocycles. The average Bonchev–Trinajstić information content (AvgIpc) is 3.91. The van der Waals surface area contributed by atoms with Crippen LogP contribution in [0.15, 0.2) is 53.5 Å². The van der Waals surface area contributed by atoms with Crippen LogP contribution in [0, 0.1) is 17.8 Å². The lowest BCUT2D eigenvalue weighted by atomic mass is 9.75. The second-order valence-corrected chi connectivity index (χ2v) is 19.3. The minimum atomic E-state index is -3.10. The number of aldehydes is 1. The molecule has 0 spiro atoms. The van der Waals surface area contributed by atoms with E-state index in [-0.39, 0.29) is 99.9 Å². The molecule has 2 fully saturated rings. The molecule has 0 radical (unpaired) electrons. The highest BCUT2D eigenvalue weighted by Gasteiger charge is 2.59. The zero-order chi connectivity index (χ0) is 53.9. The molecule has 4 bridgehead atoms. The standard InChI is InChI=1S/C55H62N6O14/c1-27(64)73-40-24-32(25-62)41-42-36(40)18-15-28-7-4-8-29(21-28)22-34(65)17-16-33(56)12-6-14-37-43(47(42)68)44(46(41)67)45(66)38(23-31-11-5-13-35(52(57)58)39(31)26-63)49(37)75-53-51(72-20-19-61-54(59)60)55(70,71)50(69)48(74-53)30-9-2-3-10-30/h4-5,7-8,11,13,15,18,21,24,26,30,33-34,48,50-53,62,65-66,69-71H,2-3,9-10,14,16-17,19-20,22-23,25,56-58H2,1H3,(H4,59,60,61)/b18-15+/t33-,34+,48-,50+,51-,53+/m0/s1. The number of aliphatic hydroxyl groups excluding tert-OH is 3. The number of benzene rings is 4. The highest BCUT2D eigenvalue weighted by molar-refractivity contribution is 6.32. The quantitative estimate of drug-likeness (QED) is 0.0117. The number of ether oxygens (including phenoxy) is 4. The number of guanidine groups is 1. The summed E-state index contributed by atoms with van der Waals surface area (Å²) in [5, 5.41) is 70.5. The summed E-state index contributed by atoms with van der Waals surface area (Å²) in [6, 6.07) is 12.3. The smallest absolute Gasteiger partial charge is 0.308 e. The lowest BCUT2D eigenvalue weighted by Gasteiger charge is -2.48. The van der Waals surface area contributed by atoms with Crippen molar-refractivity contribution in [2.75, 3.05) is 13.2 Å². The van der Waals surface area contributed by atoms with Crippen molar-refractivity contribution < 1.29 is 68.8 Å². The van der Waals surface area contributed by atoms with Gasteiger partial charge >= 0.3 is 5.97 Å². The van der Waals surface area contributed by atoms with Gasteiger partial charge in [0.15, 0.2) is 29.9 Å². The molecule has 20 nitrogen and oxygen atoms in total. The van der Waals surface area contributed by atoms with Crippen molar-refractivity contribution in [3.05, 3.63) is 121 Å². The molecule has 396 valence electrons. The van der Waals surface area contributed by atoms with Gasteiger partial charge in [0.1, 0.15) is 23.4 Å². The summed E-state index contributed by atoms with van der Waals surface area (Å²) in [5.41, 5.74) is 29.6. The molecule has 0 aromatic heterocycles. The molecule has 4 aromatic carbocycles. The van der Waals surface area contributed by atoms with E-state index in [4.69, 9.17) is 47.6 Å². The van der Waals surface area contributed by atoms with Crippen molar-refractivity contribution in [2.45, 2.75) is 120 Å². The molecule has 1 saturated heterocycles. The lowest BCUT2D eigenvalue weighted by molar-refractivity contribution is -0.386. The normalized spacial score (nSPS) is 22.9. The predicted octanol–water partition coefficient (Wildman–Crippen LogP) is 1.64. The van der Waals surface area contributed by atoms with Crippen LogP contribution in [0.4, 0.5) is 0 Å². The highest BCUT2D eigenvalue weighted by Crippen LogP contribution is 2.49. The van der Waals surface area contributed by atoms with Gasteiger partial charge in [-0.3, -0.25) is 24.2 Å². The minimum Gasteiger partial charge on any atom is -0.507 e. The number of hydrogen-bond acceptors (Lipinski definition) is 18. The van der Waals surface area contributed by atoms with Gasteiger partial charge in [0.2, 0.25) is 12.1 Å². The lowest BCUT2D eigenvalue weighted by Crippen LogP contribution is -2.69. The third-order valence-corrected chi connectivity index (χ3v) is 14.2. The molecule has 1 aliphatic heterocycles. The predicted molar refractivity (Wildman–Crippen MR) is 273 cm³/mol. The Morgan fingerprint density at radius 3 is 2.39 bits per heavy atom. The van der Waals surface area contributed by atoms with E-state index in [1.807, 2.05) is 12.1 Å². The van der Waals surface area contributed by atoms with Crippen LogP contribution in [0.3, 0.4) is 0 Å². The van der Waals surface area contributed by atoms with Crippen molar-refractivity contribution in [1.29, 1.82) is 0 Å². The Morgan fingerprint density at radius 1 is 0.960 bits per heavy atom. The largest absolute Gasteiger partial charge is 0.507 e. The monoisotopic (exact) mass is 1030 g/mol. The number of fused-ring (bicyclic) bond motifs is 2. The van der Waals surface area contributed by atoms with E-state index in [0.717, 1.165) is 25.3 Å². The van der Waals surface area contributed by atoms with Crippen LogP contribution >= 0.6 is 0 Å². The minimum absolute atomic E-state index is 0.0255. The van der Waals surface area contributed by atoms with Gasteiger partial charge in [-0.2, -0.15) is 0 Å². The summed E-state index contributed by atoms with van der Waals surface area (Å²) in [5.74, 6) is -1.82. The first kappa shape index (κ1) is 54.4. The first-order chi connectivity index (χ1) is 35.8. The molecule has 4 aromatic rings. The van der Waals surface area contributed by atoms with Crippen molar-refractivity contribution in [1.82, 2.24) is 0 Å². The van der Waals surface area contributed by atoms with Crippen LogP contribution in [0.2, 0.25) is 0 Å². The number of carbonyl (C=O) groups excluding carboxylic acids is 4. The Bertz CT molecular complexity index is 3010. The third-order valence-electron chi connectivity index (χ3n) is 14.2. The maximum absolute atomic E-state index is 15.9. The number of aliphatic imine (C=N–C) groups is 1. The summed E-state index contributed by atoms with van der Waals surface area (Å²) < 4.78 is 25.1. The zero-order valence-corrected chi connectivity index (χ0v) is 41.2. The molecule has 75 heavy (non-hydrogen) atoms. The molecule has 8 rings (SSSR count). The van der Waals surface area contributed by atoms with Crippen molar-refractivity contribution in [3.8, 4) is 29.1 Å². The van der Waals surface area contributed by atoms with Gasteiger partial charge in [-0.1, -0.05) is 73.2 Å². The highest BCUT2D eigenvalue weighted by atomic mass is 16.7. The number of aromatic hydroxyl groups is 1. The maximum atomic E-state index is 15.9. The number of rotatable bonds is 13. The van der Waals surface area contributed by atoms with Gasteiger partial charge in [-0.15, -0.1) is 0 Å². The number of nitrogens with two attached hydrogens (primary N) is 5. The van der Waals surface area contributed by atoms with Gasteiger partial charge in [-0.25, -0.2) is 0 Å². The van der Waals surface area contributed by atoms with Crippen LogP contribution in [0.1, 0.15) is 138 Å². The number of aliphatic hydroxyl groups is 5. The molecule has 16 N–H and O–H groups in total. The Morgan fingerprint density at radius 2 is 1.69 bits per heavy atom. The molecule has 0 amide bonds. The topological polar surface area (TPSA) is 369 Å². The van der Waals surface area contributed by atoms with E-state index in [2.05, 4.69) is 16.8 Å². The second-order valence-electron chi connectivity index (χ2n) is 19.3. The van der Waals surface area contributed by atoms with Gasteiger partial charge in [0.25, 0.3) is 0 Å². The SMILES string of the molecule is CC(=O)Oc1cc(CO)c2c3c1/C=C/c1cccc(c1)C[C@H](O)CC[C@@H](N)C#CCc1c(O[C@H]4O[C@@H](C5CCCC5)[C@@H](O)C(O)(O)[C@H]4OCCN=C(N)N)c(Cc4cccc(C(N)N)c4C=O)c(O)c(c1C3=O)C2=O. The fraction of sp³-hybridized carbons (Fsp3) is 0.400. The van der Waals surface area contributed by atoms with Crippen LogP contribution in [-0.2, 0) is 40.1 Å². The van der Waals surface area contributed by atoms with Gasteiger partial charge in [0, 0.05) is 58.7 Å². The Kier molecular flexibility index (Phi) is 16.6. The number of esters is 1. The van der Waals surface area contributed by atoms with E-state index in [1.165, 1.54) is 18.2 Å². The number of phenolic OH excluding ortho intramolecular Hbond substituents is 1. The Labute approximate surface area is 432 Å². The molecular formula is C55H62N6O14. The van der Waals surface area contributed by atoms with Crippen molar-refractivity contribution in [3.63, 3.8) is 0 Å². The number of carbonyl (C=O) groups is 4. The molecule has 20 heteroatoms. The Hall–Kier alpha value is -6.87. The molecular weight excluding hydrogens is 969 g/mol. The van der Waals surface area contributed by atoms with E-state index >= 15 is 9.59 Å². The fourth-order valence-electron chi connectivity index (χ4n) is 10.6. The zero-order valence-electron chi connectivity index (χ0n) is 41.2. The first-order valence-corrected chi connectivity index (χ1v) is 24.7. The molecule has 3 aliphatic carbocycles. The van der Waals surface area contributed by atoms with Crippen LogP contribution in [0.5, 0.6) is 17.2 Å². The number of phenols is 1. The fourth-order valence-corrected chi connectivity index (χ4v) is 10.6. The molecule has 6 atom stereocenters. The van der Waals surface area contributed by atoms with E-state index in [0.29, 0.717) is 24.7 Å². The average molecular weight is 1030 g/mol.